The Kier molecular flexibility index (Phi) is 22.0. The fraction of sp³-hybridized carbons (Fsp3) is 1.00. The van der Waals surface area contributed by atoms with Crippen molar-refractivity contribution in [2.24, 2.45) is 9.03 Å². The molecule has 0 aliphatic carbocycles. The summed E-state index contributed by atoms with van der Waals surface area (Å²) in [5.41, 5.74) is 2.52. The van der Waals surface area contributed by atoms with E-state index in [-0.39, 0.29) is 17.1 Å². The molecule has 0 aromatic heterocycles. The average molecular weight is 868 g/mol. The minimum Gasteiger partial charge on any atom is 0 e. The molecule has 0 saturated heterocycles. The standard InChI is InChI=1S/2C12H28NP2Se2.Fe/c2*1-9(2)14(16,10(3)4)13-15(17,11(5)6)12(7)8;/h2*9-12H,1-8H3;. The van der Waals surface area contributed by atoms with E-state index in [9.17, 15) is 0 Å². The minimum atomic E-state index is -1.32. The van der Waals surface area contributed by atoms with Gasteiger partial charge in [0.1, 0.15) is 0 Å². The Morgan fingerprint density at radius 1 is 0.371 bits per heavy atom. The second-order valence-corrected chi connectivity index (χ2v) is 41.4. The van der Waals surface area contributed by atoms with Crippen LogP contribution in [0.15, 0.2) is 9.03 Å². The molecule has 0 amide bonds. The van der Waals surface area contributed by atoms with Gasteiger partial charge in [-0.05, 0) is 0 Å². The Hall–Kier alpha value is 3.92. The summed E-state index contributed by atoms with van der Waals surface area (Å²) in [5, 5.41) is 0. The van der Waals surface area contributed by atoms with Crippen LogP contribution in [0.1, 0.15) is 111 Å². The summed E-state index contributed by atoms with van der Waals surface area (Å²) in [6, 6.07) is 0. The molecule has 2 radical (unpaired) electrons. The van der Waals surface area contributed by atoms with E-state index >= 15 is 0 Å². The zero-order chi connectivity index (χ0) is 28.0. The van der Waals surface area contributed by atoms with Crippen LogP contribution in [-0.2, 0) is 17.1 Å². The molecular formula is C24H56FeN2P4Se4. The molecule has 0 N–H and O–H groups in total. The number of hydrogen-bond donors (Lipinski definition) is 0. The first-order valence-electron chi connectivity index (χ1n) is 12.8. The summed E-state index contributed by atoms with van der Waals surface area (Å²) in [6.07, 6.45) is 0. The van der Waals surface area contributed by atoms with Gasteiger partial charge >= 0.3 is 249 Å². The van der Waals surface area contributed by atoms with Crippen molar-refractivity contribution in [3.63, 3.8) is 0 Å². The third kappa shape index (κ3) is 12.0. The Morgan fingerprint density at radius 3 is 0.600 bits per heavy atom. The van der Waals surface area contributed by atoms with Crippen molar-refractivity contribution >= 4 is 84.1 Å². The van der Waals surface area contributed by atoms with Crippen LogP contribution in [0.4, 0.5) is 0 Å². The van der Waals surface area contributed by atoms with Crippen molar-refractivity contribution < 1.29 is 17.1 Å². The molecular weight excluding hydrogens is 812 g/mol. The van der Waals surface area contributed by atoms with Crippen molar-refractivity contribution in [3.8, 4) is 0 Å². The fourth-order valence-corrected chi connectivity index (χ4v) is 31.9. The van der Waals surface area contributed by atoms with Crippen LogP contribution in [0.5, 0.6) is 0 Å². The Labute approximate surface area is 263 Å². The molecule has 11 heteroatoms. The van der Waals surface area contributed by atoms with Crippen LogP contribution in [0.2, 0.25) is 0 Å². The number of nitrogens with zero attached hydrogens (tertiary/aromatic N) is 2. The van der Waals surface area contributed by atoms with Crippen molar-refractivity contribution in [1.29, 1.82) is 0 Å². The van der Waals surface area contributed by atoms with Crippen molar-refractivity contribution in [2.75, 3.05) is 0 Å². The van der Waals surface area contributed by atoms with Gasteiger partial charge in [0.05, 0.1) is 0 Å². The molecule has 0 spiro atoms. The van der Waals surface area contributed by atoms with E-state index in [1.807, 2.05) is 0 Å². The summed E-state index contributed by atoms with van der Waals surface area (Å²) in [5.74, 6) is -2.65. The smallest absolute Gasteiger partial charge is 0 e. The summed E-state index contributed by atoms with van der Waals surface area (Å²) in [7, 11) is 0. The molecule has 0 fully saturated rings. The third-order valence-corrected chi connectivity index (χ3v) is 49.5. The van der Waals surface area contributed by atoms with E-state index in [0.717, 1.165) is 0 Å². The molecule has 0 aliphatic heterocycles. The molecule has 35 heavy (non-hydrogen) atoms. The maximum atomic E-state index is 5.45. The first kappa shape index (κ1) is 43.4. The maximum Gasteiger partial charge on any atom is 0 e. The summed E-state index contributed by atoms with van der Waals surface area (Å²) in [6.45, 7) is 37.1. The molecule has 0 bridgehead atoms. The van der Waals surface area contributed by atoms with Gasteiger partial charge in [0, 0.05) is 17.1 Å². The van der Waals surface area contributed by atoms with Gasteiger partial charge < -0.3 is 0 Å². The third-order valence-electron chi connectivity index (χ3n) is 6.48. The number of hydrogen-bond acceptors (Lipinski definition) is 2. The SMILES string of the molecule is CC(C)P(=[Se])(N=P([Se])(C(C)C)C(C)C)C(C)C.CC(C)P(=[Se])(N=P([Se])(C(C)C)C(C)C)C(C)C.[Fe]. The van der Waals surface area contributed by atoms with Crippen LogP contribution < -0.4 is 0 Å². The molecule has 0 unspecified atom stereocenters. The van der Waals surface area contributed by atoms with Gasteiger partial charge in [-0.1, -0.05) is 0 Å². The van der Waals surface area contributed by atoms with Gasteiger partial charge in [-0.2, -0.15) is 0 Å². The van der Waals surface area contributed by atoms with Crippen LogP contribution in [0.25, 0.3) is 0 Å². The molecule has 0 aliphatic rings. The maximum absolute atomic E-state index is 5.45. The van der Waals surface area contributed by atoms with E-state index in [2.05, 4.69) is 172 Å². The molecule has 0 aromatic carbocycles. The predicted molar refractivity (Wildman–Crippen MR) is 177 cm³/mol. The molecule has 214 valence electrons. The molecule has 0 rings (SSSR count). The van der Waals surface area contributed by atoms with Crippen molar-refractivity contribution in [2.45, 2.75) is 156 Å². The van der Waals surface area contributed by atoms with Gasteiger partial charge in [0.25, 0.3) is 0 Å². The molecule has 0 heterocycles. The second-order valence-electron chi connectivity index (χ2n) is 11.6. The van der Waals surface area contributed by atoms with Crippen LogP contribution >= 0.6 is 22.8 Å². The average Bonchev–Trinajstić information content (AvgIpc) is 2.66. The largest absolute Gasteiger partial charge is 0 e. The number of rotatable bonds is 10. The normalized spacial score (nSPS) is 13.8. The van der Waals surface area contributed by atoms with Crippen LogP contribution in [0, 0.1) is 0 Å². The molecule has 0 aromatic rings. The zero-order valence-corrected chi connectivity index (χ0v) is 36.8. The fourth-order valence-electron chi connectivity index (χ4n) is 3.65. The van der Waals surface area contributed by atoms with E-state index in [1.54, 1.807) is 0 Å². The summed E-state index contributed by atoms with van der Waals surface area (Å²) >= 11 is 14.0. The molecule has 0 atom stereocenters. The topological polar surface area (TPSA) is 24.7 Å². The quantitative estimate of drug-likeness (QED) is 0.155. The van der Waals surface area contributed by atoms with Gasteiger partial charge in [-0.3, -0.25) is 0 Å². The monoisotopic (exact) mass is 872 g/mol. The first-order chi connectivity index (χ1) is 15.0. The van der Waals surface area contributed by atoms with Gasteiger partial charge in [-0.15, -0.1) is 0 Å². The zero-order valence-electron chi connectivity index (χ0n) is 25.3. The van der Waals surface area contributed by atoms with E-state index in [4.69, 9.17) is 9.03 Å². The summed E-state index contributed by atoms with van der Waals surface area (Å²) in [4.78, 5) is 0. The predicted octanol–water partition coefficient (Wildman–Crippen LogP) is 9.84. The first-order valence-corrected chi connectivity index (χ1v) is 29.2. The van der Waals surface area contributed by atoms with Gasteiger partial charge in [0.2, 0.25) is 0 Å². The Morgan fingerprint density at radius 2 is 0.514 bits per heavy atom. The van der Waals surface area contributed by atoms with E-state index < -0.39 is 22.8 Å². The molecule has 2 nitrogen and oxygen atoms in total. The second kappa shape index (κ2) is 17.8. The van der Waals surface area contributed by atoms with Crippen molar-refractivity contribution in [1.82, 2.24) is 0 Å². The Balaban J connectivity index is -0.000000569. The van der Waals surface area contributed by atoms with E-state index in [1.165, 1.54) is 0 Å². The van der Waals surface area contributed by atoms with Crippen LogP contribution in [0.3, 0.4) is 0 Å². The van der Waals surface area contributed by atoms with Gasteiger partial charge in [-0.25, -0.2) is 0 Å². The van der Waals surface area contributed by atoms with Crippen LogP contribution in [-0.4, -0.2) is 107 Å². The van der Waals surface area contributed by atoms with Gasteiger partial charge in [0.15, 0.2) is 0 Å². The van der Waals surface area contributed by atoms with Crippen molar-refractivity contribution in [3.05, 3.63) is 0 Å². The summed E-state index contributed by atoms with van der Waals surface area (Å²) < 4.78 is 10.9. The minimum absolute atomic E-state index is 0. The van der Waals surface area contributed by atoms with E-state index in [0.29, 0.717) is 45.3 Å². The Bertz CT molecular complexity index is 719. The molecule has 0 saturated carbocycles.